The average molecular weight is 461 g/mol. The van der Waals surface area contributed by atoms with Gasteiger partial charge in [0.2, 0.25) is 5.91 Å². The number of aliphatic carboxylic acids is 1. The highest BCUT2D eigenvalue weighted by molar-refractivity contribution is 5.86. The van der Waals surface area contributed by atoms with E-state index in [0.29, 0.717) is 12.8 Å². The van der Waals surface area contributed by atoms with E-state index in [1.807, 2.05) is 44.2 Å². The lowest BCUT2D eigenvalue weighted by Crippen LogP contribution is -2.58. The van der Waals surface area contributed by atoms with Gasteiger partial charge >= 0.3 is 12.1 Å². The molecular formula is C24H36N4O5. The van der Waals surface area contributed by atoms with Crippen molar-refractivity contribution in [3.63, 3.8) is 0 Å². The molecule has 0 fully saturated rings. The zero-order chi connectivity index (χ0) is 25.2. The van der Waals surface area contributed by atoms with E-state index in [4.69, 9.17) is 9.84 Å². The van der Waals surface area contributed by atoms with E-state index in [-0.39, 0.29) is 5.92 Å². The molecule has 33 heavy (non-hydrogen) atoms. The van der Waals surface area contributed by atoms with E-state index in [2.05, 4.69) is 22.0 Å². The second-order valence-electron chi connectivity index (χ2n) is 9.47. The molecule has 0 heterocycles. The van der Waals surface area contributed by atoms with E-state index in [1.54, 1.807) is 20.8 Å². The molecule has 0 radical (unpaired) electrons. The molecule has 0 saturated carbocycles. The summed E-state index contributed by atoms with van der Waals surface area (Å²) < 4.78 is 5.36. The maximum atomic E-state index is 12.8. The van der Waals surface area contributed by atoms with Gasteiger partial charge in [-0.2, -0.15) is 5.26 Å². The lowest BCUT2D eigenvalue weighted by atomic mass is 9.97. The fraction of sp³-hybridized carbons (Fsp3) is 0.583. The second-order valence-corrected chi connectivity index (χ2v) is 9.47. The van der Waals surface area contributed by atoms with Gasteiger partial charge in [0.25, 0.3) is 0 Å². The minimum Gasteiger partial charge on any atom is -0.480 e. The Bertz CT molecular complexity index is 829. The topological polar surface area (TPSA) is 141 Å². The molecule has 9 nitrogen and oxygen atoms in total. The lowest BCUT2D eigenvalue weighted by molar-refractivity contribution is -0.141. The molecule has 0 bridgehead atoms. The summed E-state index contributed by atoms with van der Waals surface area (Å²) in [6, 6.07) is 7.95. The van der Waals surface area contributed by atoms with Crippen LogP contribution in [0.2, 0.25) is 0 Å². The first-order valence-corrected chi connectivity index (χ1v) is 11.0. The second kappa shape index (κ2) is 12.8. The summed E-state index contributed by atoms with van der Waals surface area (Å²) in [6.07, 6.45) is 0.0306. The monoisotopic (exact) mass is 460 g/mol. The van der Waals surface area contributed by atoms with Crippen LogP contribution < -0.4 is 16.0 Å². The number of rotatable bonds is 11. The van der Waals surface area contributed by atoms with E-state index in [0.717, 1.165) is 5.56 Å². The van der Waals surface area contributed by atoms with Crippen molar-refractivity contribution in [3.8, 4) is 6.07 Å². The van der Waals surface area contributed by atoms with E-state index < -0.39 is 47.7 Å². The van der Waals surface area contributed by atoms with Gasteiger partial charge in [0.15, 0.2) is 0 Å². The number of nitrogens with one attached hydrogen (secondary N) is 3. The average Bonchev–Trinajstić information content (AvgIpc) is 2.69. The molecule has 2 amide bonds. The summed E-state index contributed by atoms with van der Waals surface area (Å²) in [4.78, 5) is 36.4. The van der Waals surface area contributed by atoms with Gasteiger partial charge in [-0.1, -0.05) is 44.2 Å². The third-order valence-electron chi connectivity index (χ3n) is 4.68. The van der Waals surface area contributed by atoms with Crippen molar-refractivity contribution in [1.82, 2.24) is 16.0 Å². The molecule has 0 aliphatic heterocycles. The summed E-state index contributed by atoms with van der Waals surface area (Å²) in [5.74, 6) is -1.58. The van der Waals surface area contributed by atoms with Gasteiger partial charge < -0.3 is 20.5 Å². The van der Waals surface area contributed by atoms with Crippen LogP contribution in [0.3, 0.4) is 0 Å². The highest BCUT2D eigenvalue weighted by atomic mass is 16.6. The van der Waals surface area contributed by atoms with Crippen molar-refractivity contribution in [2.24, 2.45) is 5.92 Å². The zero-order valence-electron chi connectivity index (χ0n) is 20.2. The number of carboxylic acid groups (broad SMARTS) is 1. The number of nitrogens with zero attached hydrogens (tertiary/aromatic N) is 1. The number of carbonyl (C=O) groups is 3. The van der Waals surface area contributed by atoms with E-state index >= 15 is 0 Å². The largest absolute Gasteiger partial charge is 0.480 e. The quantitative estimate of drug-likeness (QED) is 0.398. The molecule has 0 saturated heterocycles. The van der Waals surface area contributed by atoms with Crippen LogP contribution in [-0.4, -0.2) is 52.8 Å². The zero-order valence-corrected chi connectivity index (χ0v) is 20.2. The predicted octanol–water partition coefficient (Wildman–Crippen LogP) is 2.61. The van der Waals surface area contributed by atoms with Crippen molar-refractivity contribution in [3.05, 3.63) is 35.9 Å². The first-order valence-electron chi connectivity index (χ1n) is 11.0. The Hall–Kier alpha value is -3.12. The summed E-state index contributed by atoms with van der Waals surface area (Å²) in [6.45, 7) is 10.4. The Morgan fingerprint density at radius 1 is 1.09 bits per heavy atom. The van der Waals surface area contributed by atoms with Gasteiger partial charge in [0, 0.05) is 0 Å². The molecule has 0 spiro atoms. The Morgan fingerprint density at radius 3 is 2.18 bits per heavy atom. The van der Waals surface area contributed by atoms with Gasteiger partial charge in [-0.05, 0) is 52.0 Å². The standard InChI is InChI=1S/C24H36N4O5/c1-15(2)12-19(21(29)26-16(3)22(30)31)27-20(14-25)18(13-17-10-8-7-9-11-17)28-23(32)33-24(4,5)6/h7-11,15-16,18-20,27H,12-13H2,1-6H3,(H,26,29)(H,28,32)(H,30,31)/t16-,18-,19-,20+/m0/s1. The summed E-state index contributed by atoms with van der Waals surface area (Å²) in [5, 5.41) is 27.3. The Morgan fingerprint density at radius 2 is 1.70 bits per heavy atom. The van der Waals surface area contributed by atoms with Crippen LogP contribution in [0.15, 0.2) is 30.3 Å². The molecule has 4 N–H and O–H groups in total. The van der Waals surface area contributed by atoms with Crippen molar-refractivity contribution in [2.75, 3.05) is 0 Å². The van der Waals surface area contributed by atoms with Gasteiger partial charge in [-0.15, -0.1) is 0 Å². The van der Waals surface area contributed by atoms with Crippen LogP contribution in [0.1, 0.15) is 53.5 Å². The van der Waals surface area contributed by atoms with Gasteiger partial charge in [-0.25, -0.2) is 4.79 Å². The molecule has 0 aliphatic rings. The van der Waals surface area contributed by atoms with Crippen molar-refractivity contribution < 1.29 is 24.2 Å². The first-order chi connectivity index (χ1) is 15.3. The molecule has 0 aliphatic carbocycles. The van der Waals surface area contributed by atoms with Gasteiger partial charge in [0.05, 0.1) is 18.2 Å². The van der Waals surface area contributed by atoms with Gasteiger partial charge in [0.1, 0.15) is 17.7 Å². The molecular weight excluding hydrogens is 424 g/mol. The fourth-order valence-electron chi connectivity index (χ4n) is 3.14. The van der Waals surface area contributed by atoms with Crippen LogP contribution in [-0.2, 0) is 20.7 Å². The van der Waals surface area contributed by atoms with Crippen LogP contribution in [0.25, 0.3) is 0 Å². The van der Waals surface area contributed by atoms with Crippen LogP contribution >= 0.6 is 0 Å². The van der Waals surface area contributed by atoms with Crippen molar-refractivity contribution in [2.45, 2.75) is 84.2 Å². The number of hydrogen-bond acceptors (Lipinski definition) is 6. The fourth-order valence-corrected chi connectivity index (χ4v) is 3.14. The smallest absolute Gasteiger partial charge is 0.407 e. The number of ether oxygens (including phenoxy) is 1. The van der Waals surface area contributed by atoms with Crippen molar-refractivity contribution >= 4 is 18.0 Å². The number of carbonyl (C=O) groups excluding carboxylic acids is 2. The minimum atomic E-state index is -1.16. The summed E-state index contributed by atoms with van der Waals surface area (Å²) in [7, 11) is 0. The normalized spacial score (nSPS) is 15.0. The molecule has 0 unspecified atom stereocenters. The number of amides is 2. The maximum Gasteiger partial charge on any atom is 0.407 e. The summed E-state index contributed by atoms with van der Waals surface area (Å²) >= 11 is 0. The number of nitriles is 1. The third kappa shape index (κ3) is 10.8. The van der Waals surface area contributed by atoms with Crippen molar-refractivity contribution in [1.29, 1.82) is 5.26 Å². The molecule has 182 valence electrons. The van der Waals surface area contributed by atoms with E-state index in [9.17, 15) is 19.6 Å². The first kappa shape index (κ1) is 27.9. The summed E-state index contributed by atoms with van der Waals surface area (Å²) in [5.41, 5.74) is 0.175. The number of carboxylic acids is 1. The van der Waals surface area contributed by atoms with Crippen LogP contribution in [0.4, 0.5) is 4.79 Å². The SMILES string of the molecule is CC(C)C[C@H](N[C@H](C#N)[C@H](Cc1ccccc1)NC(=O)OC(C)(C)C)C(=O)N[C@@H](C)C(=O)O. The third-order valence-corrected chi connectivity index (χ3v) is 4.68. The molecule has 9 heteroatoms. The number of alkyl carbamates (subject to hydrolysis) is 1. The molecule has 1 aromatic carbocycles. The maximum absolute atomic E-state index is 12.8. The van der Waals surface area contributed by atoms with Gasteiger partial charge in [-0.3, -0.25) is 14.9 Å². The predicted molar refractivity (Wildman–Crippen MR) is 124 cm³/mol. The van der Waals surface area contributed by atoms with Crippen LogP contribution in [0, 0.1) is 17.2 Å². The Balaban J connectivity index is 3.13. The lowest BCUT2D eigenvalue weighted by Gasteiger charge is -2.30. The minimum absolute atomic E-state index is 0.0964. The number of benzene rings is 1. The molecule has 0 aromatic heterocycles. The molecule has 1 aromatic rings. The highest BCUT2D eigenvalue weighted by Crippen LogP contribution is 2.13. The number of hydrogen-bond donors (Lipinski definition) is 4. The molecule has 1 rings (SSSR count). The Kier molecular flexibility index (Phi) is 10.8. The van der Waals surface area contributed by atoms with Crippen LogP contribution in [0.5, 0.6) is 0 Å². The highest BCUT2D eigenvalue weighted by Gasteiger charge is 2.31. The molecule has 4 atom stereocenters. The Labute approximate surface area is 195 Å². The van der Waals surface area contributed by atoms with E-state index in [1.165, 1.54) is 6.92 Å².